The van der Waals surface area contributed by atoms with Gasteiger partial charge >= 0.3 is 11.9 Å². The van der Waals surface area contributed by atoms with Gasteiger partial charge in [-0.3, -0.25) is 4.79 Å². The van der Waals surface area contributed by atoms with Gasteiger partial charge in [0.1, 0.15) is 23.5 Å². The Morgan fingerprint density at radius 2 is 2.05 bits per heavy atom. The summed E-state index contributed by atoms with van der Waals surface area (Å²) in [5.74, 6) is -0.597. The van der Waals surface area contributed by atoms with Crippen molar-refractivity contribution < 1.29 is 19.1 Å². The minimum absolute atomic E-state index is 0.0549. The van der Waals surface area contributed by atoms with Crippen LogP contribution in [0.5, 0.6) is 0 Å². The molecule has 0 aromatic carbocycles. The smallest absolute Gasteiger partial charge is 0.342 e. The van der Waals surface area contributed by atoms with Crippen molar-refractivity contribution in [3.05, 3.63) is 23.9 Å². The van der Waals surface area contributed by atoms with Gasteiger partial charge in [-0.1, -0.05) is 0 Å². The van der Waals surface area contributed by atoms with Gasteiger partial charge in [-0.2, -0.15) is 0 Å². The van der Waals surface area contributed by atoms with Crippen LogP contribution >= 0.6 is 0 Å². The summed E-state index contributed by atoms with van der Waals surface area (Å²) in [7, 11) is 0. The zero-order chi connectivity index (χ0) is 15.2. The van der Waals surface area contributed by atoms with Crippen LogP contribution in [0.15, 0.2) is 18.3 Å². The van der Waals surface area contributed by atoms with Gasteiger partial charge in [-0.25, -0.2) is 9.78 Å². The standard InChI is InChI=1S/C14H20N2O4/c1-5-19-11(17)9-16-12-10(7-6-8-15-12)13(18)20-14(2,3)4/h6-8H,5,9H2,1-4H3,(H,15,16). The van der Waals surface area contributed by atoms with E-state index in [4.69, 9.17) is 9.47 Å². The Bertz CT molecular complexity index is 480. The first kappa shape index (κ1) is 15.9. The molecule has 0 saturated heterocycles. The van der Waals surface area contributed by atoms with E-state index in [0.717, 1.165) is 0 Å². The van der Waals surface area contributed by atoms with Crippen molar-refractivity contribution in [2.75, 3.05) is 18.5 Å². The number of nitrogens with zero attached hydrogens (tertiary/aromatic N) is 1. The van der Waals surface area contributed by atoms with E-state index in [-0.39, 0.29) is 12.1 Å². The molecule has 1 rings (SSSR count). The van der Waals surface area contributed by atoms with Gasteiger partial charge in [0.2, 0.25) is 0 Å². The van der Waals surface area contributed by atoms with E-state index in [0.29, 0.717) is 12.4 Å². The van der Waals surface area contributed by atoms with Crippen LogP contribution in [0, 0.1) is 0 Å². The van der Waals surface area contributed by atoms with E-state index < -0.39 is 17.5 Å². The lowest BCUT2D eigenvalue weighted by atomic mass is 10.2. The quantitative estimate of drug-likeness (QED) is 0.831. The lowest BCUT2D eigenvalue weighted by Crippen LogP contribution is -2.25. The minimum atomic E-state index is -0.592. The molecule has 0 aliphatic heterocycles. The average Bonchev–Trinajstić information content (AvgIpc) is 2.35. The number of carbonyl (C=O) groups is 2. The maximum atomic E-state index is 12.0. The van der Waals surface area contributed by atoms with Crippen molar-refractivity contribution in [2.24, 2.45) is 0 Å². The average molecular weight is 280 g/mol. The summed E-state index contributed by atoms with van der Waals surface area (Å²) >= 11 is 0. The summed E-state index contributed by atoms with van der Waals surface area (Å²) in [6.45, 7) is 7.33. The summed E-state index contributed by atoms with van der Waals surface area (Å²) < 4.78 is 10.1. The highest BCUT2D eigenvalue weighted by Gasteiger charge is 2.21. The molecule has 0 atom stereocenters. The zero-order valence-electron chi connectivity index (χ0n) is 12.2. The number of aromatic nitrogens is 1. The Morgan fingerprint density at radius 1 is 1.35 bits per heavy atom. The molecule has 1 N–H and O–H groups in total. The first-order valence-electron chi connectivity index (χ1n) is 6.41. The second kappa shape index (κ2) is 6.88. The molecule has 0 bridgehead atoms. The van der Waals surface area contributed by atoms with Crippen molar-refractivity contribution in [3.63, 3.8) is 0 Å². The fourth-order valence-electron chi connectivity index (χ4n) is 1.41. The molecule has 0 saturated carbocycles. The number of hydrogen-bond donors (Lipinski definition) is 1. The van der Waals surface area contributed by atoms with Gasteiger partial charge in [0, 0.05) is 6.20 Å². The highest BCUT2D eigenvalue weighted by Crippen LogP contribution is 2.17. The zero-order valence-corrected chi connectivity index (χ0v) is 12.2. The maximum absolute atomic E-state index is 12.0. The summed E-state index contributed by atoms with van der Waals surface area (Å²) in [6, 6.07) is 3.23. The molecule has 1 aromatic heterocycles. The number of nitrogens with one attached hydrogen (secondary N) is 1. The molecule has 6 heteroatoms. The van der Waals surface area contributed by atoms with Crippen molar-refractivity contribution in [3.8, 4) is 0 Å². The van der Waals surface area contributed by atoms with Gasteiger partial charge in [0.15, 0.2) is 0 Å². The fraction of sp³-hybridized carbons (Fsp3) is 0.500. The lowest BCUT2D eigenvalue weighted by Gasteiger charge is -2.20. The Hall–Kier alpha value is -2.11. The summed E-state index contributed by atoms with van der Waals surface area (Å²) in [6.07, 6.45) is 1.53. The number of carbonyl (C=O) groups excluding carboxylic acids is 2. The minimum Gasteiger partial charge on any atom is -0.465 e. The van der Waals surface area contributed by atoms with Crippen molar-refractivity contribution >= 4 is 17.8 Å². The highest BCUT2D eigenvalue weighted by atomic mass is 16.6. The van der Waals surface area contributed by atoms with E-state index in [9.17, 15) is 9.59 Å². The molecule has 6 nitrogen and oxygen atoms in total. The van der Waals surface area contributed by atoms with E-state index in [1.165, 1.54) is 6.20 Å². The Morgan fingerprint density at radius 3 is 2.65 bits per heavy atom. The fourth-order valence-corrected chi connectivity index (χ4v) is 1.41. The molecule has 0 spiro atoms. The van der Waals surface area contributed by atoms with Gasteiger partial charge in [-0.15, -0.1) is 0 Å². The normalized spacial score (nSPS) is 10.8. The molecule has 0 radical (unpaired) electrons. The largest absolute Gasteiger partial charge is 0.465 e. The number of pyridine rings is 1. The first-order valence-corrected chi connectivity index (χ1v) is 6.41. The highest BCUT2D eigenvalue weighted by molar-refractivity contribution is 5.95. The molecule has 20 heavy (non-hydrogen) atoms. The van der Waals surface area contributed by atoms with Crippen LogP contribution in [0.2, 0.25) is 0 Å². The summed E-state index contributed by atoms with van der Waals surface area (Å²) in [4.78, 5) is 27.4. The number of esters is 2. The van der Waals surface area contributed by atoms with Crippen molar-refractivity contribution in [1.82, 2.24) is 4.98 Å². The van der Waals surface area contributed by atoms with Crippen LogP contribution in [-0.4, -0.2) is 35.7 Å². The van der Waals surface area contributed by atoms with Gasteiger partial charge in [0.05, 0.1) is 6.61 Å². The third-order valence-electron chi connectivity index (χ3n) is 2.13. The van der Waals surface area contributed by atoms with Crippen LogP contribution in [0.4, 0.5) is 5.82 Å². The van der Waals surface area contributed by atoms with Crippen LogP contribution < -0.4 is 5.32 Å². The van der Waals surface area contributed by atoms with Crippen molar-refractivity contribution in [2.45, 2.75) is 33.3 Å². The Labute approximate surface area is 118 Å². The number of hydrogen-bond acceptors (Lipinski definition) is 6. The van der Waals surface area contributed by atoms with E-state index in [2.05, 4.69) is 10.3 Å². The Kier molecular flexibility index (Phi) is 5.49. The van der Waals surface area contributed by atoms with Gasteiger partial charge in [0.25, 0.3) is 0 Å². The Balaban J connectivity index is 2.78. The SMILES string of the molecule is CCOC(=O)CNc1ncccc1C(=O)OC(C)(C)C. The molecule has 0 fully saturated rings. The molecule has 1 aromatic rings. The monoisotopic (exact) mass is 280 g/mol. The molecule has 0 aliphatic rings. The second-order valence-corrected chi connectivity index (χ2v) is 5.06. The molecule has 0 aliphatic carbocycles. The van der Waals surface area contributed by atoms with Crippen LogP contribution in [-0.2, 0) is 14.3 Å². The van der Waals surface area contributed by atoms with Gasteiger partial charge < -0.3 is 14.8 Å². The maximum Gasteiger partial charge on any atom is 0.342 e. The summed E-state index contributed by atoms with van der Waals surface area (Å²) in [5, 5.41) is 2.78. The topological polar surface area (TPSA) is 77.5 Å². The van der Waals surface area contributed by atoms with Crippen LogP contribution in [0.3, 0.4) is 0 Å². The predicted octanol–water partition coefficient (Wildman–Crippen LogP) is 2.01. The first-order chi connectivity index (χ1) is 9.33. The second-order valence-electron chi connectivity index (χ2n) is 5.06. The molecule has 0 amide bonds. The number of rotatable bonds is 5. The predicted molar refractivity (Wildman–Crippen MR) is 74.5 cm³/mol. The molecule has 110 valence electrons. The molecule has 0 unspecified atom stereocenters. The molecular formula is C14H20N2O4. The third-order valence-corrected chi connectivity index (χ3v) is 2.13. The summed E-state index contributed by atoms with van der Waals surface area (Å²) in [5.41, 5.74) is -0.308. The van der Waals surface area contributed by atoms with Crippen LogP contribution in [0.1, 0.15) is 38.1 Å². The van der Waals surface area contributed by atoms with Crippen LogP contribution in [0.25, 0.3) is 0 Å². The van der Waals surface area contributed by atoms with Gasteiger partial charge in [-0.05, 0) is 39.8 Å². The molecular weight excluding hydrogens is 260 g/mol. The van der Waals surface area contributed by atoms with E-state index >= 15 is 0 Å². The van der Waals surface area contributed by atoms with E-state index in [1.54, 1.807) is 39.8 Å². The third kappa shape index (κ3) is 5.26. The lowest BCUT2D eigenvalue weighted by molar-refractivity contribution is -0.140. The van der Waals surface area contributed by atoms with Crippen molar-refractivity contribution in [1.29, 1.82) is 0 Å². The molecule has 1 heterocycles. The number of ether oxygens (including phenoxy) is 2. The number of anilines is 1. The van der Waals surface area contributed by atoms with E-state index in [1.807, 2.05) is 0 Å².